The maximum absolute atomic E-state index is 4.24. The van der Waals surface area contributed by atoms with Crippen molar-refractivity contribution in [2.45, 2.75) is 38.6 Å². The maximum Gasteiger partial charge on any atom is 0.0492 e. The lowest BCUT2D eigenvalue weighted by atomic mass is 10.0. The average molecular weight is 350 g/mol. The van der Waals surface area contributed by atoms with Crippen molar-refractivity contribution in [3.63, 3.8) is 0 Å². The summed E-state index contributed by atoms with van der Waals surface area (Å²) < 4.78 is 3.17. The molecular formula is C17H24BrN3. The summed E-state index contributed by atoms with van der Waals surface area (Å²) in [5.41, 5.74) is 2.67. The molecule has 0 saturated heterocycles. The van der Waals surface area contributed by atoms with Gasteiger partial charge >= 0.3 is 0 Å². The molecule has 1 heterocycles. The van der Waals surface area contributed by atoms with Crippen LogP contribution in [0.15, 0.2) is 41.0 Å². The fourth-order valence-electron chi connectivity index (χ4n) is 2.52. The summed E-state index contributed by atoms with van der Waals surface area (Å²) in [6.07, 6.45) is 6.28. The SMILES string of the molecule is CCCNC(CCc1ccnn1C)Cc1ccccc1Br. The van der Waals surface area contributed by atoms with Gasteiger partial charge in [-0.25, -0.2) is 0 Å². The molecule has 2 rings (SSSR count). The Morgan fingerprint density at radius 3 is 2.76 bits per heavy atom. The zero-order chi connectivity index (χ0) is 15.1. The van der Waals surface area contributed by atoms with Crippen LogP contribution < -0.4 is 5.32 Å². The Balaban J connectivity index is 1.97. The lowest BCUT2D eigenvalue weighted by Gasteiger charge is -2.19. The second-order valence-corrected chi connectivity index (χ2v) is 6.29. The van der Waals surface area contributed by atoms with Gasteiger partial charge < -0.3 is 5.32 Å². The molecular weight excluding hydrogens is 326 g/mol. The van der Waals surface area contributed by atoms with Crippen molar-refractivity contribution in [2.24, 2.45) is 7.05 Å². The van der Waals surface area contributed by atoms with Crippen molar-refractivity contribution < 1.29 is 0 Å². The predicted molar refractivity (Wildman–Crippen MR) is 91.5 cm³/mol. The molecule has 1 atom stereocenters. The number of halogens is 1. The fraction of sp³-hybridized carbons (Fsp3) is 0.471. The van der Waals surface area contributed by atoms with E-state index in [9.17, 15) is 0 Å². The number of nitrogens with one attached hydrogen (secondary N) is 1. The van der Waals surface area contributed by atoms with Gasteiger partial charge in [-0.3, -0.25) is 4.68 Å². The third-order valence-electron chi connectivity index (χ3n) is 3.78. The molecule has 0 amide bonds. The molecule has 2 aromatic rings. The molecule has 3 nitrogen and oxygen atoms in total. The van der Waals surface area contributed by atoms with Crippen LogP contribution in [0.4, 0.5) is 0 Å². The summed E-state index contributed by atoms with van der Waals surface area (Å²) in [7, 11) is 2.01. The Kier molecular flexibility index (Phi) is 6.46. The first kappa shape index (κ1) is 16.2. The van der Waals surface area contributed by atoms with Gasteiger partial charge in [-0.15, -0.1) is 0 Å². The first-order chi connectivity index (χ1) is 10.2. The molecule has 1 aromatic heterocycles. The molecule has 0 bridgehead atoms. The van der Waals surface area contributed by atoms with Crippen LogP contribution in [0.25, 0.3) is 0 Å². The third kappa shape index (κ3) is 4.97. The quantitative estimate of drug-likeness (QED) is 0.786. The van der Waals surface area contributed by atoms with E-state index in [1.54, 1.807) is 0 Å². The van der Waals surface area contributed by atoms with E-state index >= 15 is 0 Å². The van der Waals surface area contributed by atoms with Crippen molar-refractivity contribution in [3.05, 3.63) is 52.3 Å². The molecule has 1 aromatic carbocycles. The van der Waals surface area contributed by atoms with Crippen LogP contribution in [0.1, 0.15) is 31.0 Å². The third-order valence-corrected chi connectivity index (χ3v) is 4.55. The fourth-order valence-corrected chi connectivity index (χ4v) is 2.97. The van der Waals surface area contributed by atoms with Crippen molar-refractivity contribution in [1.29, 1.82) is 0 Å². The van der Waals surface area contributed by atoms with Gasteiger partial charge in [-0.05, 0) is 49.9 Å². The van der Waals surface area contributed by atoms with Crippen LogP contribution in [-0.4, -0.2) is 22.4 Å². The normalized spacial score (nSPS) is 12.5. The summed E-state index contributed by atoms with van der Waals surface area (Å²) in [4.78, 5) is 0. The first-order valence-electron chi connectivity index (χ1n) is 7.64. The van der Waals surface area contributed by atoms with Crippen molar-refractivity contribution in [1.82, 2.24) is 15.1 Å². The van der Waals surface area contributed by atoms with Crippen molar-refractivity contribution >= 4 is 15.9 Å². The van der Waals surface area contributed by atoms with Crippen LogP contribution in [0.2, 0.25) is 0 Å². The molecule has 1 unspecified atom stereocenters. The minimum Gasteiger partial charge on any atom is -0.314 e. The van der Waals surface area contributed by atoms with E-state index in [4.69, 9.17) is 0 Å². The van der Waals surface area contributed by atoms with Gasteiger partial charge in [0.15, 0.2) is 0 Å². The van der Waals surface area contributed by atoms with Crippen LogP contribution in [0.5, 0.6) is 0 Å². The summed E-state index contributed by atoms with van der Waals surface area (Å²) in [6.45, 7) is 3.28. The molecule has 0 fully saturated rings. The Morgan fingerprint density at radius 1 is 1.29 bits per heavy atom. The van der Waals surface area contributed by atoms with E-state index in [0.717, 1.165) is 32.2 Å². The molecule has 114 valence electrons. The van der Waals surface area contributed by atoms with Crippen LogP contribution >= 0.6 is 15.9 Å². The van der Waals surface area contributed by atoms with E-state index in [2.05, 4.69) is 63.6 Å². The summed E-state index contributed by atoms with van der Waals surface area (Å²) in [5, 5.41) is 7.92. The Bertz CT molecular complexity index is 550. The minimum absolute atomic E-state index is 0.499. The molecule has 0 aliphatic heterocycles. The number of hydrogen-bond donors (Lipinski definition) is 1. The van der Waals surface area contributed by atoms with E-state index in [0.29, 0.717) is 6.04 Å². The molecule has 0 spiro atoms. The molecule has 1 N–H and O–H groups in total. The molecule has 0 saturated carbocycles. The minimum atomic E-state index is 0.499. The predicted octanol–water partition coefficient (Wildman–Crippen LogP) is 3.73. The molecule has 0 aliphatic carbocycles. The Morgan fingerprint density at radius 2 is 2.10 bits per heavy atom. The van der Waals surface area contributed by atoms with Crippen molar-refractivity contribution in [2.75, 3.05) is 6.54 Å². The number of aryl methyl sites for hydroxylation is 2. The van der Waals surface area contributed by atoms with Crippen LogP contribution in [0.3, 0.4) is 0 Å². The van der Waals surface area contributed by atoms with Gasteiger partial charge in [0.1, 0.15) is 0 Å². The molecule has 4 heteroatoms. The van der Waals surface area contributed by atoms with Crippen molar-refractivity contribution in [3.8, 4) is 0 Å². The highest BCUT2D eigenvalue weighted by atomic mass is 79.9. The van der Waals surface area contributed by atoms with E-state index in [1.807, 2.05) is 17.9 Å². The Hall–Kier alpha value is -1.13. The molecule has 0 radical (unpaired) electrons. The summed E-state index contributed by atoms with van der Waals surface area (Å²) >= 11 is 3.65. The second kappa shape index (κ2) is 8.35. The van der Waals surface area contributed by atoms with Gasteiger partial charge in [0.05, 0.1) is 0 Å². The van der Waals surface area contributed by atoms with Gasteiger partial charge in [-0.1, -0.05) is 41.1 Å². The monoisotopic (exact) mass is 349 g/mol. The van der Waals surface area contributed by atoms with Gasteiger partial charge in [0.2, 0.25) is 0 Å². The number of hydrogen-bond acceptors (Lipinski definition) is 2. The highest BCUT2D eigenvalue weighted by Gasteiger charge is 2.12. The highest BCUT2D eigenvalue weighted by Crippen LogP contribution is 2.19. The average Bonchev–Trinajstić information content (AvgIpc) is 2.89. The zero-order valence-electron chi connectivity index (χ0n) is 12.8. The largest absolute Gasteiger partial charge is 0.314 e. The van der Waals surface area contributed by atoms with E-state index < -0.39 is 0 Å². The summed E-state index contributed by atoms with van der Waals surface area (Å²) in [5.74, 6) is 0. The topological polar surface area (TPSA) is 29.9 Å². The van der Waals surface area contributed by atoms with Crippen LogP contribution in [0, 0.1) is 0 Å². The standard InChI is InChI=1S/C17H24BrN3/c1-3-11-19-15(8-9-16-10-12-20-21(16)2)13-14-6-4-5-7-17(14)18/h4-7,10,12,15,19H,3,8-9,11,13H2,1-2H3. The smallest absolute Gasteiger partial charge is 0.0492 e. The zero-order valence-corrected chi connectivity index (χ0v) is 14.4. The first-order valence-corrected chi connectivity index (χ1v) is 8.43. The van der Waals surface area contributed by atoms with E-state index in [1.165, 1.54) is 15.7 Å². The Labute approximate surface area is 135 Å². The lowest BCUT2D eigenvalue weighted by Crippen LogP contribution is -2.32. The molecule has 21 heavy (non-hydrogen) atoms. The van der Waals surface area contributed by atoms with E-state index in [-0.39, 0.29) is 0 Å². The molecule has 0 aliphatic rings. The van der Waals surface area contributed by atoms with Gasteiger partial charge in [0, 0.05) is 29.5 Å². The highest BCUT2D eigenvalue weighted by molar-refractivity contribution is 9.10. The van der Waals surface area contributed by atoms with Gasteiger partial charge in [-0.2, -0.15) is 5.10 Å². The number of aromatic nitrogens is 2. The number of rotatable bonds is 8. The second-order valence-electron chi connectivity index (χ2n) is 5.43. The summed E-state index contributed by atoms with van der Waals surface area (Å²) in [6, 6.07) is 11.1. The number of nitrogens with zero attached hydrogens (tertiary/aromatic N) is 2. The van der Waals surface area contributed by atoms with Gasteiger partial charge in [0.25, 0.3) is 0 Å². The lowest BCUT2D eigenvalue weighted by molar-refractivity contribution is 0.471. The maximum atomic E-state index is 4.24. The number of benzene rings is 1. The van der Waals surface area contributed by atoms with Crippen LogP contribution in [-0.2, 0) is 19.9 Å².